The molecule has 25 heavy (non-hydrogen) atoms. The summed E-state index contributed by atoms with van der Waals surface area (Å²) in [5, 5.41) is 2.92. The highest BCUT2D eigenvalue weighted by Crippen LogP contribution is 2.36. The Hall–Kier alpha value is -2.56. The van der Waals surface area contributed by atoms with Crippen molar-refractivity contribution in [3.63, 3.8) is 0 Å². The number of allylic oxidation sites excluding steroid dienone is 3. The van der Waals surface area contributed by atoms with Gasteiger partial charge in [0.2, 0.25) is 5.91 Å². The van der Waals surface area contributed by atoms with Gasteiger partial charge in [-0.1, -0.05) is 61.7 Å². The zero-order valence-corrected chi connectivity index (χ0v) is 14.2. The number of nitrogens with one attached hydrogen (secondary N) is 1. The smallest absolute Gasteiger partial charge is 0.412 e. The third-order valence-electron chi connectivity index (χ3n) is 5.00. The fourth-order valence-electron chi connectivity index (χ4n) is 3.59. The van der Waals surface area contributed by atoms with Gasteiger partial charge in [-0.3, -0.25) is 4.79 Å². The van der Waals surface area contributed by atoms with Gasteiger partial charge in [0.1, 0.15) is 5.76 Å². The number of ether oxygens (including phenoxy) is 1. The summed E-state index contributed by atoms with van der Waals surface area (Å²) in [5.41, 5.74) is 5.51. The van der Waals surface area contributed by atoms with Crippen molar-refractivity contribution >= 4 is 12.0 Å². The molecular formula is C20H24N2O3. The highest BCUT2D eigenvalue weighted by Gasteiger charge is 2.39. The molecule has 1 aromatic carbocycles. The van der Waals surface area contributed by atoms with Crippen molar-refractivity contribution in [2.45, 2.75) is 50.0 Å². The first kappa shape index (κ1) is 17.3. The minimum atomic E-state index is -0.990. The quantitative estimate of drug-likeness (QED) is 0.882. The third-order valence-corrected chi connectivity index (χ3v) is 5.00. The van der Waals surface area contributed by atoms with Crippen molar-refractivity contribution < 1.29 is 14.3 Å². The number of amides is 2. The Bertz CT molecular complexity index is 690. The summed E-state index contributed by atoms with van der Waals surface area (Å²) in [4.78, 5) is 24.4. The predicted octanol–water partition coefficient (Wildman–Crippen LogP) is 3.31. The molecule has 2 aliphatic carbocycles. The third kappa shape index (κ3) is 3.92. The molecule has 0 saturated heterocycles. The van der Waals surface area contributed by atoms with E-state index in [9.17, 15) is 9.59 Å². The average Bonchev–Trinajstić information content (AvgIpc) is 2.63. The van der Waals surface area contributed by atoms with Gasteiger partial charge in [-0.2, -0.15) is 0 Å². The van der Waals surface area contributed by atoms with Crippen molar-refractivity contribution in [1.82, 2.24) is 5.32 Å². The standard InChI is InChI=1S/C20H24N2O3/c21-18(23)20(15-8-3-1-4-9-15)13-7-12-17(14-20)25-19(24)22-16-10-5-2-6-11-16/h1,3-4,7-9,12-13,16H,2,5-6,10-11,14H2,(H2,21,23)(H,22,24). The molecule has 0 aromatic heterocycles. The molecule has 2 aliphatic rings. The Morgan fingerprint density at radius 1 is 1.12 bits per heavy atom. The maximum absolute atomic E-state index is 12.2. The molecule has 5 heteroatoms. The summed E-state index contributed by atoms with van der Waals surface area (Å²) in [6.07, 6.45) is 10.5. The van der Waals surface area contributed by atoms with Crippen molar-refractivity contribution in [2.24, 2.45) is 5.73 Å². The van der Waals surface area contributed by atoms with Gasteiger partial charge in [0.25, 0.3) is 0 Å². The Kier molecular flexibility index (Phi) is 5.22. The zero-order chi connectivity index (χ0) is 17.7. The molecule has 0 heterocycles. The molecule has 0 spiro atoms. The summed E-state index contributed by atoms with van der Waals surface area (Å²) in [5.74, 6) is -0.0182. The molecule has 5 nitrogen and oxygen atoms in total. The number of primary amides is 1. The number of rotatable bonds is 4. The van der Waals surface area contributed by atoms with Gasteiger partial charge in [-0.15, -0.1) is 0 Å². The topological polar surface area (TPSA) is 81.4 Å². The van der Waals surface area contributed by atoms with Gasteiger partial charge < -0.3 is 15.8 Å². The summed E-state index contributed by atoms with van der Waals surface area (Å²) in [6, 6.07) is 9.51. The molecule has 1 atom stereocenters. The van der Waals surface area contributed by atoms with E-state index in [0.29, 0.717) is 5.76 Å². The van der Waals surface area contributed by atoms with Crippen LogP contribution in [-0.2, 0) is 14.9 Å². The van der Waals surface area contributed by atoms with Crippen LogP contribution in [0.15, 0.2) is 54.3 Å². The highest BCUT2D eigenvalue weighted by atomic mass is 16.6. The molecule has 1 aromatic rings. The van der Waals surface area contributed by atoms with E-state index in [0.717, 1.165) is 31.2 Å². The van der Waals surface area contributed by atoms with Crippen molar-refractivity contribution in [3.8, 4) is 0 Å². The van der Waals surface area contributed by atoms with E-state index in [1.807, 2.05) is 30.3 Å². The molecule has 132 valence electrons. The largest absolute Gasteiger partial charge is 0.415 e. The van der Waals surface area contributed by atoms with Crippen molar-refractivity contribution in [2.75, 3.05) is 0 Å². The fraction of sp³-hybridized carbons (Fsp3) is 0.400. The number of carbonyl (C=O) groups is 2. The van der Waals surface area contributed by atoms with E-state index in [4.69, 9.17) is 10.5 Å². The molecule has 1 fully saturated rings. The minimum absolute atomic E-state index is 0.177. The van der Waals surface area contributed by atoms with Gasteiger partial charge >= 0.3 is 6.09 Å². The van der Waals surface area contributed by atoms with Crippen LogP contribution in [0.2, 0.25) is 0 Å². The SMILES string of the molecule is NC(=O)C1(c2ccccc2)C=CC=C(OC(=O)NC2CCCCC2)C1. The van der Waals surface area contributed by atoms with Crippen LogP contribution in [-0.4, -0.2) is 18.0 Å². The van der Waals surface area contributed by atoms with Crippen LogP contribution < -0.4 is 11.1 Å². The lowest BCUT2D eigenvalue weighted by atomic mass is 9.74. The van der Waals surface area contributed by atoms with Gasteiger partial charge in [0, 0.05) is 12.5 Å². The first-order valence-corrected chi connectivity index (χ1v) is 8.82. The summed E-state index contributed by atoms with van der Waals surface area (Å²) in [6.45, 7) is 0. The van der Waals surface area contributed by atoms with Gasteiger partial charge in [-0.25, -0.2) is 4.79 Å². The molecule has 0 bridgehead atoms. The first-order valence-electron chi connectivity index (χ1n) is 8.82. The number of hydrogen-bond donors (Lipinski definition) is 2. The summed E-state index contributed by atoms with van der Waals surface area (Å²) >= 11 is 0. The lowest BCUT2D eigenvalue weighted by molar-refractivity contribution is -0.122. The summed E-state index contributed by atoms with van der Waals surface area (Å²) in [7, 11) is 0. The second-order valence-electron chi connectivity index (χ2n) is 6.74. The maximum atomic E-state index is 12.2. The molecule has 3 rings (SSSR count). The number of nitrogens with two attached hydrogens (primary N) is 1. The minimum Gasteiger partial charge on any atom is -0.415 e. The monoisotopic (exact) mass is 340 g/mol. The average molecular weight is 340 g/mol. The molecule has 1 unspecified atom stereocenters. The van der Waals surface area contributed by atoms with E-state index < -0.39 is 17.4 Å². The molecule has 1 saturated carbocycles. The molecule has 3 N–H and O–H groups in total. The lowest BCUT2D eigenvalue weighted by Gasteiger charge is -2.31. The van der Waals surface area contributed by atoms with Gasteiger partial charge in [0.15, 0.2) is 0 Å². The Morgan fingerprint density at radius 3 is 2.52 bits per heavy atom. The Labute approximate surface area is 147 Å². The molecule has 0 aliphatic heterocycles. The normalized spacial score (nSPS) is 23.6. The van der Waals surface area contributed by atoms with Gasteiger partial charge in [-0.05, 0) is 24.5 Å². The number of alkyl carbamates (subject to hydrolysis) is 1. The van der Waals surface area contributed by atoms with Crippen LogP contribution in [0, 0.1) is 0 Å². The number of hydrogen-bond acceptors (Lipinski definition) is 3. The Balaban J connectivity index is 1.69. The number of carbonyl (C=O) groups excluding carboxylic acids is 2. The Morgan fingerprint density at radius 2 is 1.84 bits per heavy atom. The van der Waals surface area contributed by atoms with E-state index in [-0.39, 0.29) is 12.5 Å². The van der Waals surface area contributed by atoms with Crippen LogP contribution in [0.5, 0.6) is 0 Å². The van der Waals surface area contributed by atoms with Crippen molar-refractivity contribution in [3.05, 3.63) is 59.9 Å². The number of benzene rings is 1. The van der Waals surface area contributed by atoms with E-state index in [1.165, 1.54) is 6.42 Å². The molecule has 2 amide bonds. The summed E-state index contributed by atoms with van der Waals surface area (Å²) < 4.78 is 5.47. The predicted molar refractivity (Wildman–Crippen MR) is 95.6 cm³/mol. The molecule has 0 radical (unpaired) electrons. The van der Waals surface area contributed by atoms with Crippen LogP contribution in [0.1, 0.15) is 44.1 Å². The maximum Gasteiger partial charge on any atom is 0.412 e. The van der Waals surface area contributed by atoms with Crippen molar-refractivity contribution in [1.29, 1.82) is 0 Å². The van der Waals surface area contributed by atoms with E-state index in [1.54, 1.807) is 18.2 Å². The van der Waals surface area contributed by atoms with Gasteiger partial charge in [0.05, 0.1) is 5.41 Å². The van der Waals surface area contributed by atoms with E-state index in [2.05, 4.69) is 5.32 Å². The van der Waals surface area contributed by atoms with Crippen LogP contribution >= 0.6 is 0 Å². The molecular weight excluding hydrogens is 316 g/mol. The van der Waals surface area contributed by atoms with Crippen LogP contribution in [0.3, 0.4) is 0 Å². The zero-order valence-electron chi connectivity index (χ0n) is 14.2. The second kappa shape index (κ2) is 7.55. The van der Waals surface area contributed by atoms with Crippen LogP contribution in [0.25, 0.3) is 0 Å². The van der Waals surface area contributed by atoms with Crippen LogP contribution in [0.4, 0.5) is 4.79 Å². The van der Waals surface area contributed by atoms with E-state index >= 15 is 0 Å². The highest BCUT2D eigenvalue weighted by molar-refractivity contribution is 5.90. The second-order valence-corrected chi connectivity index (χ2v) is 6.74. The fourth-order valence-corrected chi connectivity index (χ4v) is 3.59. The first-order chi connectivity index (χ1) is 12.1. The lowest BCUT2D eigenvalue weighted by Crippen LogP contribution is -2.42.